The number of carboxylic acids is 1. The van der Waals surface area contributed by atoms with E-state index in [4.69, 9.17) is 19.9 Å². The van der Waals surface area contributed by atoms with Gasteiger partial charge in [0.2, 0.25) is 5.82 Å². The zero-order valence-corrected chi connectivity index (χ0v) is 32.3. The first-order chi connectivity index (χ1) is 24.0. The Morgan fingerprint density at radius 1 is 1.06 bits per heavy atom. The van der Waals surface area contributed by atoms with Gasteiger partial charge in [-0.25, -0.2) is 9.67 Å². The molecule has 11 heteroatoms. The molecule has 11 nitrogen and oxygen atoms in total. The van der Waals surface area contributed by atoms with Gasteiger partial charge < -0.3 is 30.4 Å². The summed E-state index contributed by atoms with van der Waals surface area (Å²) in [6, 6.07) is -0.289. The van der Waals surface area contributed by atoms with Crippen LogP contribution >= 0.6 is 0 Å². The third kappa shape index (κ3) is 5.17. The van der Waals surface area contributed by atoms with Crippen molar-refractivity contribution in [2.45, 2.75) is 118 Å². The number of fused-ring (bicyclic) bond motifs is 3. The summed E-state index contributed by atoms with van der Waals surface area (Å²) in [5.41, 5.74) is 5.40. The number of nitrogens with two attached hydrogens (primary N) is 1. The molecular weight excluding hydrogens is 646 g/mol. The van der Waals surface area contributed by atoms with Gasteiger partial charge in [0.05, 0.1) is 37.9 Å². The molecule has 0 unspecified atom stereocenters. The number of aromatic nitrogens is 3. The second kappa shape index (κ2) is 12.6. The van der Waals surface area contributed by atoms with Crippen LogP contribution in [-0.4, -0.2) is 83.5 Å². The summed E-state index contributed by atoms with van der Waals surface area (Å²) in [4.78, 5) is 30.7. The Morgan fingerprint density at radius 3 is 2.43 bits per heavy atom. The van der Waals surface area contributed by atoms with Crippen molar-refractivity contribution in [2.75, 3.05) is 40.1 Å². The number of allylic oxidation sites excluding steroid dienone is 1. The van der Waals surface area contributed by atoms with E-state index in [0.717, 1.165) is 44.9 Å². The van der Waals surface area contributed by atoms with Crippen molar-refractivity contribution < 1.29 is 28.9 Å². The molecule has 1 aromatic heterocycles. The Morgan fingerprint density at radius 2 is 1.78 bits per heavy atom. The Kier molecular flexibility index (Phi) is 9.16. The first-order valence-corrected chi connectivity index (χ1v) is 19.6. The molecule has 7 rings (SSSR count). The molecule has 3 heterocycles. The molecule has 4 N–H and O–H groups in total. The lowest BCUT2D eigenvalue weighted by molar-refractivity contribution is -0.255. The number of hydrogen-bond donors (Lipinski definition) is 3. The maximum atomic E-state index is 13.6. The van der Waals surface area contributed by atoms with E-state index in [9.17, 15) is 14.7 Å². The number of likely N-dealkylation sites (N-methyl/N-ethyl adjacent to an activating group) is 1. The summed E-state index contributed by atoms with van der Waals surface area (Å²) in [6.45, 7) is 19.0. The standard InChI is InChI=1S/C40H63N5O6/c1-24(2)25(3)36(5)13-14-37(6)26-9-10-29-35(4)19-28(45-33(32(41)46)43-23-44-45)31(51-21-39(42-8)15-17-49-18-16-39)40(29,22-50-20-35)27(26)11-12-38(37,7)30(36)34(47)48/h11,23-26,28-31,42H,9-10,12-22H2,1-8H3,(H2,41,46)(H,47,48)/t25-,26+,28-,29-,30-,31+,35-,36-,37-,38+,40+/m1/s1. The number of carboxylic acid groups (broad SMARTS) is 1. The highest BCUT2D eigenvalue weighted by Gasteiger charge is 2.73. The lowest BCUT2D eigenvalue weighted by atomic mass is 9.34. The molecule has 51 heavy (non-hydrogen) atoms. The summed E-state index contributed by atoms with van der Waals surface area (Å²) in [7, 11) is 2.01. The molecule has 0 radical (unpaired) electrons. The van der Waals surface area contributed by atoms with Crippen molar-refractivity contribution in [2.24, 2.45) is 62.4 Å². The molecule has 284 valence electrons. The molecule has 2 saturated heterocycles. The molecule has 1 amide bonds. The quantitative estimate of drug-likeness (QED) is 0.276. The highest BCUT2D eigenvalue weighted by Crippen LogP contribution is 2.75. The number of primary amides is 1. The van der Waals surface area contributed by atoms with Crippen molar-refractivity contribution in [3.05, 3.63) is 23.8 Å². The first kappa shape index (κ1) is 37.0. The normalized spacial score (nSPS) is 43.7. The molecule has 11 atom stereocenters. The number of carbonyl (C=O) groups is 2. The molecular formula is C40H63N5O6. The van der Waals surface area contributed by atoms with Gasteiger partial charge in [-0.1, -0.05) is 60.1 Å². The lowest BCUT2D eigenvalue weighted by Gasteiger charge is -2.71. The number of aliphatic carboxylic acids is 1. The fraction of sp³-hybridized carbons (Fsp3) is 0.850. The predicted molar refractivity (Wildman–Crippen MR) is 193 cm³/mol. The number of ether oxygens (including phenoxy) is 3. The second-order valence-electron chi connectivity index (χ2n) is 18.9. The van der Waals surface area contributed by atoms with E-state index in [-0.39, 0.29) is 51.6 Å². The van der Waals surface area contributed by atoms with Gasteiger partial charge in [0.15, 0.2) is 0 Å². The minimum atomic E-state index is -0.659. The van der Waals surface area contributed by atoms with E-state index in [2.05, 4.69) is 69.9 Å². The van der Waals surface area contributed by atoms with Crippen molar-refractivity contribution in [3.63, 3.8) is 0 Å². The monoisotopic (exact) mass is 709 g/mol. The van der Waals surface area contributed by atoms with Crippen molar-refractivity contribution >= 4 is 11.9 Å². The maximum absolute atomic E-state index is 13.6. The molecule has 4 aliphatic carbocycles. The zero-order valence-electron chi connectivity index (χ0n) is 32.3. The minimum absolute atomic E-state index is 0.153. The number of hydrogen-bond acceptors (Lipinski definition) is 8. The van der Waals surface area contributed by atoms with Crippen LogP contribution in [0.25, 0.3) is 0 Å². The summed E-state index contributed by atoms with van der Waals surface area (Å²) < 4.78 is 21.6. The number of carbonyl (C=O) groups excluding carboxylic acids is 1. The Bertz CT molecular complexity index is 1550. The molecule has 3 saturated carbocycles. The van der Waals surface area contributed by atoms with Gasteiger partial charge >= 0.3 is 5.97 Å². The largest absolute Gasteiger partial charge is 0.481 e. The van der Waals surface area contributed by atoms with Crippen LogP contribution < -0.4 is 11.1 Å². The second-order valence-corrected chi connectivity index (χ2v) is 18.9. The van der Waals surface area contributed by atoms with Crippen molar-refractivity contribution in [1.82, 2.24) is 20.1 Å². The Hall–Kier alpha value is -2.34. The average Bonchev–Trinajstić information content (AvgIpc) is 3.58. The van der Waals surface area contributed by atoms with Gasteiger partial charge in [0.1, 0.15) is 6.33 Å². The predicted octanol–water partition coefficient (Wildman–Crippen LogP) is 5.66. The summed E-state index contributed by atoms with van der Waals surface area (Å²) in [5.74, 6) is -0.439. The highest BCUT2D eigenvalue weighted by molar-refractivity contribution is 5.89. The van der Waals surface area contributed by atoms with Gasteiger partial charge in [-0.3, -0.25) is 9.59 Å². The number of amides is 1. The number of rotatable bonds is 9. The molecule has 1 aromatic rings. The molecule has 0 spiro atoms. The van der Waals surface area contributed by atoms with Crippen LogP contribution in [0.1, 0.15) is 116 Å². The van der Waals surface area contributed by atoms with Gasteiger partial charge in [0, 0.05) is 24.2 Å². The molecule has 2 bridgehead atoms. The smallest absolute Gasteiger partial charge is 0.307 e. The van der Waals surface area contributed by atoms with Crippen LogP contribution in [-0.2, 0) is 19.0 Å². The van der Waals surface area contributed by atoms with Crippen LogP contribution in [0.15, 0.2) is 18.0 Å². The van der Waals surface area contributed by atoms with Crippen LogP contribution in [0.2, 0.25) is 0 Å². The van der Waals surface area contributed by atoms with Gasteiger partial charge in [-0.15, -0.1) is 0 Å². The highest BCUT2D eigenvalue weighted by atomic mass is 16.5. The van der Waals surface area contributed by atoms with Gasteiger partial charge in [-0.05, 0) is 104 Å². The molecule has 6 aliphatic rings. The SMILES string of the molecule is CNC1(CO[C@H]2[C@H](n3ncnc3C(N)=O)C[C@]3(C)COC[C@@]24C2=CC[C@@]5(C)[C@H](C(=O)O)[C@@](C)([C@H](C)C(C)C)CC[C@]5(C)[C@H]2CC[C@H]34)CCOCC1. The van der Waals surface area contributed by atoms with Crippen LogP contribution in [0, 0.1) is 56.7 Å². The number of nitrogens with one attached hydrogen (secondary N) is 1. The summed E-state index contributed by atoms with van der Waals surface area (Å²) >= 11 is 0. The fourth-order valence-electron chi connectivity index (χ4n) is 13.2. The Balaban J connectivity index is 1.38. The van der Waals surface area contributed by atoms with Gasteiger partial charge in [-0.2, -0.15) is 5.10 Å². The topological polar surface area (TPSA) is 151 Å². The third-order valence-corrected chi connectivity index (χ3v) is 16.6. The van der Waals surface area contributed by atoms with E-state index < -0.39 is 28.6 Å². The average molecular weight is 710 g/mol. The first-order valence-electron chi connectivity index (χ1n) is 19.6. The minimum Gasteiger partial charge on any atom is -0.481 e. The third-order valence-electron chi connectivity index (χ3n) is 16.6. The fourth-order valence-corrected chi connectivity index (χ4v) is 13.2. The van der Waals surface area contributed by atoms with E-state index >= 15 is 0 Å². The summed E-state index contributed by atoms with van der Waals surface area (Å²) in [5, 5.41) is 19.4. The molecule has 5 fully saturated rings. The number of nitrogens with zero attached hydrogens (tertiary/aromatic N) is 3. The van der Waals surface area contributed by atoms with Gasteiger partial charge in [0.25, 0.3) is 5.91 Å². The molecule has 2 aliphatic heterocycles. The Labute approximate surface area is 304 Å². The van der Waals surface area contributed by atoms with E-state index in [1.54, 1.807) is 4.68 Å². The molecule has 0 aromatic carbocycles. The lowest BCUT2D eigenvalue weighted by Crippen LogP contribution is -2.70. The van der Waals surface area contributed by atoms with E-state index in [1.165, 1.54) is 11.9 Å². The van der Waals surface area contributed by atoms with E-state index in [1.807, 2.05) is 7.05 Å². The maximum Gasteiger partial charge on any atom is 0.307 e. The van der Waals surface area contributed by atoms with E-state index in [0.29, 0.717) is 51.3 Å². The van der Waals surface area contributed by atoms with Crippen molar-refractivity contribution in [3.8, 4) is 0 Å². The van der Waals surface area contributed by atoms with Crippen LogP contribution in [0.4, 0.5) is 0 Å². The van der Waals surface area contributed by atoms with Crippen LogP contribution in [0.5, 0.6) is 0 Å². The van der Waals surface area contributed by atoms with Crippen molar-refractivity contribution in [1.29, 1.82) is 0 Å². The van der Waals surface area contributed by atoms with Crippen LogP contribution in [0.3, 0.4) is 0 Å². The summed E-state index contributed by atoms with van der Waals surface area (Å²) in [6.07, 6.45) is 10.5. The zero-order chi connectivity index (χ0) is 36.8.